The first-order chi connectivity index (χ1) is 16.9. The van der Waals surface area contributed by atoms with Crippen LogP contribution in [-0.4, -0.2) is 13.7 Å². The van der Waals surface area contributed by atoms with Crippen molar-refractivity contribution >= 4 is 10.9 Å². The Hall–Kier alpha value is -4.32. The molecular weight excluding hydrogens is 438 g/mol. The second-order valence-electron chi connectivity index (χ2n) is 9.24. The van der Waals surface area contributed by atoms with Crippen molar-refractivity contribution in [1.82, 2.24) is 13.7 Å². The number of ether oxygens (including phenoxy) is 1. The number of rotatable bonds is 2. The molecule has 0 saturated heterocycles. The molecule has 1 atom stereocenters. The van der Waals surface area contributed by atoms with Gasteiger partial charge < -0.3 is 9.30 Å². The number of aryl methyl sites for hydroxylation is 3. The van der Waals surface area contributed by atoms with Gasteiger partial charge in [-0.3, -0.25) is 13.9 Å². The van der Waals surface area contributed by atoms with E-state index in [2.05, 4.69) is 10.6 Å². The van der Waals surface area contributed by atoms with Gasteiger partial charge in [-0.1, -0.05) is 66.2 Å². The highest BCUT2D eigenvalue weighted by atomic mass is 16.5. The van der Waals surface area contributed by atoms with Gasteiger partial charge in [-0.2, -0.15) is 0 Å². The maximum absolute atomic E-state index is 13.7. The summed E-state index contributed by atoms with van der Waals surface area (Å²) in [5, 5.41) is 0.507. The molecule has 3 aromatic carbocycles. The molecule has 6 rings (SSSR count). The first-order valence-corrected chi connectivity index (χ1v) is 11.6. The van der Waals surface area contributed by atoms with E-state index in [0.717, 1.165) is 45.1 Å². The topological polar surface area (TPSA) is 58.2 Å². The minimum atomic E-state index is -0.495. The number of hydrogen-bond donors (Lipinski definition) is 0. The van der Waals surface area contributed by atoms with Crippen molar-refractivity contribution in [3.63, 3.8) is 0 Å². The molecule has 5 aromatic rings. The average Bonchev–Trinajstić information content (AvgIpc) is 3.23. The van der Waals surface area contributed by atoms with Crippen molar-refractivity contribution < 1.29 is 4.74 Å². The van der Waals surface area contributed by atoms with Crippen molar-refractivity contribution in [3.05, 3.63) is 116 Å². The lowest BCUT2D eigenvalue weighted by molar-refractivity contribution is 0.229. The van der Waals surface area contributed by atoms with Gasteiger partial charge in [-0.15, -0.1) is 0 Å². The van der Waals surface area contributed by atoms with Crippen molar-refractivity contribution in [2.75, 3.05) is 0 Å². The van der Waals surface area contributed by atoms with Crippen molar-refractivity contribution in [2.45, 2.75) is 20.0 Å². The summed E-state index contributed by atoms with van der Waals surface area (Å²) in [7, 11) is 3.25. The molecule has 0 spiro atoms. The summed E-state index contributed by atoms with van der Waals surface area (Å²) in [5.74, 6) is 0.729. The van der Waals surface area contributed by atoms with Crippen molar-refractivity contribution in [2.24, 2.45) is 14.1 Å². The number of benzene rings is 3. The van der Waals surface area contributed by atoms with Gasteiger partial charge in [0.2, 0.25) is 0 Å². The van der Waals surface area contributed by atoms with Gasteiger partial charge in [0.05, 0.1) is 28.0 Å². The standard InChI is InChI=1S/C29H25N3O3/c1-17-10-13-19(14-11-17)24-23-25(30(3)29(34)31(4)28(23)33)26-27(20-8-6-5-7-9-20)35-22-15-12-18(2)16-21(22)32(24)26/h5-16,27H,1-4H3/t27-/m0/s1. The summed E-state index contributed by atoms with van der Waals surface area (Å²) in [6.45, 7) is 4.07. The fourth-order valence-electron chi connectivity index (χ4n) is 5.11. The van der Waals surface area contributed by atoms with E-state index in [-0.39, 0.29) is 11.2 Å². The number of hydrogen-bond acceptors (Lipinski definition) is 3. The largest absolute Gasteiger partial charge is 0.477 e. The summed E-state index contributed by atoms with van der Waals surface area (Å²) in [4.78, 5) is 26.8. The lowest BCUT2D eigenvalue weighted by Gasteiger charge is -2.30. The van der Waals surface area contributed by atoms with Crippen molar-refractivity contribution in [3.8, 4) is 22.7 Å². The predicted molar refractivity (Wildman–Crippen MR) is 138 cm³/mol. The number of aromatic nitrogens is 3. The zero-order valence-corrected chi connectivity index (χ0v) is 20.1. The molecule has 6 nitrogen and oxygen atoms in total. The molecule has 2 aromatic heterocycles. The Balaban J connectivity index is 1.88. The number of fused-ring (bicyclic) bond motifs is 5. The molecule has 174 valence electrons. The molecule has 0 radical (unpaired) electrons. The van der Waals surface area contributed by atoms with Gasteiger partial charge in [0.15, 0.2) is 6.10 Å². The lowest BCUT2D eigenvalue weighted by Crippen LogP contribution is -2.37. The predicted octanol–water partition coefficient (Wildman–Crippen LogP) is 4.79. The van der Waals surface area contributed by atoms with Crippen LogP contribution in [0, 0.1) is 13.8 Å². The van der Waals surface area contributed by atoms with Crippen LogP contribution in [0.5, 0.6) is 5.75 Å². The van der Waals surface area contributed by atoms with Crippen LogP contribution < -0.4 is 16.0 Å². The smallest absolute Gasteiger partial charge is 0.331 e. The van der Waals surface area contributed by atoms with Crippen LogP contribution in [0.2, 0.25) is 0 Å². The summed E-state index contributed by atoms with van der Waals surface area (Å²) in [5.41, 5.74) is 6.36. The van der Waals surface area contributed by atoms with Gasteiger partial charge in [0.1, 0.15) is 5.75 Å². The fraction of sp³-hybridized carbons (Fsp3) is 0.172. The van der Waals surface area contributed by atoms with Gasteiger partial charge in [0, 0.05) is 14.1 Å². The Bertz CT molecular complexity index is 1740. The molecule has 6 heteroatoms. The summed E-state index contributed by atoms with van der Waals surface area (Å²) in [6, 6.07) is 24.1. The van der Waals surface area contributed by atoms with Gasteiger partial charge >= 0.3 is 5.69 Å². The molecule has 0 fully saturated rings. The zero-order chi connectivity index (χ0) is 24.4. The maximum atomic E-state index is 13.7. The van der Waals surface area contributed by atoms with Crippen LogP contribution in [0.1, 0.15) is 28.5 Å². The quantitative estimate of drug-likeness (QED) is 0.378. The second kappa shape index (κ2) is 7.60. The molecule has 35 heavy (non-hydrogen) atoms. The van der Waals surface area contributed by atoms with E-state index in [4.69, 9.17) is 4.74 Å². The Kier molecular flexibility index (Phi) is 4.61. The third-order valence-corrected chi connectivity index (χ3v) is 6.88. The highest BCUT2D eigenvalue weighted by Gasteiger charge is 2.36. The zero-order valence-electron chi connectivity index (χ0n) is 20.1. The Morgan fingerprint density at radius 1 is 0.800 bits per heavy atom. The molecule has 0 aliphatic carbocycles. The molecule has 0 saturated carbocycles. The van der Waals surface area contributed by atoms with Crippen LogP contribution in [0.4, 0.5) is 0 Å². The summed E-state index contributed by atoms with van der Waals surface area (Å²) in [6.07, 6.45) is -0.495. The Morgan fingerprint density at radius 3 is 2.20 bits per heavy atom. The molecule has 1 aliphatic heterocycles. The van der Waals surface area contributed by atoms with Gasteiger partial charge in [-0.05, 0) is 42.7 Å². The van der Waals surface area contributed by atoms with E-state index in [0.29, 0.717) is 10.9 Å². The summed E-state index contributed by atoms with van der Waals surface area (Å²) < 4.78 is 11.5. The highest BCUT2D eigenvalue weighted by molar-refractivity contribution is 5.98. The highest BCUT2D eigenvalue weighted by Crippen LogP contribution is 2.46. The van der Waals surface area contributed by atoms with E-state index in [1.807, 2.05) is 80.6 Å². The average molecular weight is 464 g/mol. The minimum Gasteiger partial charge on any atom is -0.477 e. The van der Waals surface area contributed by atoms with E-state index in [9.17, 15) is 9.59 Å². The van der Waals surface area contributed by atoms with E-state index < -0.39 is 6.10 Å². The van der Waals surface area contributed by atoms with E-state index in [1.54, 1.807) is 11.6 Å². The SMILES string of the molecule is Cc1ccc(-c2c3c(=O)n(C)c(=O)n(C)c3c3n2-c2cc(C)ccc2O[C@H]3c2ccccc2)cc1. The Labute approximate surface area is 202 Å². The molecule has 0 unspecified atom stereocenters. The molecule has 0 N–H and O–H groups in total. The third-order valence-electron chi connectivity index (χ3n) is 6.88. The monoisotopic (exact) mass is 463 g/mol. The van der Waals surface area contributed by atoms with Crippen LogP contribution in [-0.2, 0) is 14.1 Å². The lowest BCUT2D eigenvalue weighted by atomic mass is 10.0. The van der Waals surface area contributed by atoms with Crippen molar-refractivity contribution in [1.29, 1.82) is 0 Å². The second-order valence-corrected chi connectivity index (χ2v) is 9.24. The van der Waals surface area contributed by atoms with E-state index >= 15 is 0 Å². The molecule has 3 heterocycles. The maximum Gasteiger partial charge on any atom is 0.331 e. The minimum absolute atomic E-state index is 0.318. The van der Waals surface area contributed by atoms with Crippen LogP contribution in [0.25, 0.3) is 27.8 Å². The molecule has 0 amide bonds. The summed E-state index contributed by atoms with van der Waals surface area (Å²) >= 11 is 0. The Morgan fingerprint density at radius 2 is 1.49 bits per heavy atom. The molecule has 1 aliphatic rings. The molecule has 0 bridgehead atoms. The van der Waals surface area contributed by atoms with Crippen LogP contribution in [0.15, 0.2) is 82.4 Å². The van der Waals surface area contributed by atoms with Crippen LogP contribution >= 0.6 is 0 Å². The third kappa shape index (κ3) is 3.03. The normalized spacial score (nSPS) is 14.5. The fourth-order valence-corrected chi connectivity index (χ4v) is 5.11. The van der Waals surface area contributed by atoms with E-state index in [1.165, 1.54) is 11.6 Å². The number of nitrogens with zero attached hydrogens (tertiary/aromatic N) is 3. The molecular formula is C29H25N3O3. The van der Waals surface area contributed by atoms with Gasteiger partial charge in [0.25, 0.3) is 5.56 Å². The first kappa shape index (κ1) is 21.2. The first-order valence-electron chi connectivity index (χ1n) is 11.6. The van der Waals surface area contributed by atoms with Gasteiger partial charge in [-0.25, -0.2) is 4.79 Å². The van der Waals surface area contributed by atoms with Crippen LogP contribution in [0.3, 0.4) is 0 Å².